The molecule has 1 atom stereocenters. The Kier molecular flexibility index (Phi) is 4.43. The maximum Gasteiger partial charge on any atom is 0.203 e. The molecule has 112 valence electrons. The van der Waals surface area contributed by atoms with Gasteiger partial charge in [-0.2, -0.15) is 0 Å². The van der Waals surface area contributed by atoms with Crippen LogP contribution in [-0.4, -0.2) is 26.4 Å². The highest BCUT2D eigenvalue weighted by Gasteiger charge is 2.39. The topological polar surface area (TPSA) is 47.9 Å². The molecule has 0 saturated heterocycles. The zero-order chi connectivity index (χ0) is 14.8. The van der Waals surface area contributed by atoms with Crippen molar-refractivity contribution in [2.45, 2.75) is 38.7 Å². The standard InChI is InChI=1S/C16H24O4/c1-16(9-5-6-10-16)15(17)11-7-8-12(18-2)14(20-4)13(11)19-3/h7-8,15,17H,5-6,9-10H2,1-4H3. The number of methoxy groups -OCH3 is 3. The van der Waals surface area contributed by atoms with Gasteiger partial charge in [-0.3, -0.25) is 0 Å². The van der Waals surface area contributed by atoms with Crippen LogP contribution in [0.3, 0.4) is 0 Å². The van der Waals surface area contributed by atoms with Crippen molar-refractivity contribution in [3.05, 3.63) is 17.7 Å². The van der Waals surface area contributed by atoms with Crippen molar-refractivity contribution >= 4 is 0 Å². The van der Waals surface area contributed by atoms with Crippen LogP contribution in [0, 0.1) is 5.41 Å². The van der Waals surface area contributed by atoms with Crippen molar-refractivity contribution in [2.75, 3.05) is 21.3 Å². The molecular weight excluding hydrogens is 256 g/mol. The molecule has 1 aromatic rings. The zero-order valence-corrected chi connectivity index (χ0v) is 12.7. The summed E-state index contributed by atoms with van der Waals surface area (Å²) in [6, 6.07) is 3.69. The Labute approximate surface area is 120 Å². The predicted molar refractivity (Wildman–Crippen MR) is 77.6 cm³/mol. The SMILES string of the molecule is COc1ccc(C(O)C2(C)CCCC2)c(OC)c1OC. The van der Waals surface area contributed by atoms with Crippen LogP contribution in [0.1, 0.15) is 44.3 Å². The summed E-state index contributed by atoms with van der Waals surface area (Å²) in [6.07, 6.45) is 3.85. The summed E-state index contributed by atoms with van der Waals surface area (Å²) in [5.74, 6) is 1.71. The van der Waals surface area contributed by atoms with Crippen molar-refractivity contribution < 1.29 is 19.3 Å². The molecule has 1 aromatic carbocycles. The fourth-order valence-electron chi connectivity index (χ4n) is 3.17. The normalized spacial score (nSPS) is 18.6. The molecule has 2 rings (SSSR count). The van der Waals surface area contributed by atoms with Crippen molar-refractivity contribution in [1.82, 2.24) is 0 Å². The molecule has 0 aromatic heterocycles. The smallest absolute Gasteiger partial charge is 0.203 e. The first-order valence-electron chi connectivity index (χ1n) is 7.04. The second-order valence-corrected chi connectivity index (χ2v) is 5.69. The van der Waals surface area contributed by atoms with Gasteiger partial charge in [-0.15, -0.1) is 0 Å². The van der Waals surface area contributed by atoms with Gasteiger partial charge in [-0.05, 0) is 30.4 Å². The van der Waals surface area contributed by atoms with Crippen LogP contribution in [0.25, 0.3) is 0 Å². The lowest BCUT2D eigenvalue weighted by atomic mass is 9.79. The van der Waals surface area contributed by atoms with Gasteiger partial charge in [0.15, 0.2) is 11.5 Å². The second-order valence-electron chi connectivity index (χ2n) is 5.69. The number of aliphatic hydroxyl groups is 1. The molecule has 1 aliphatic carbocycles. The quantitative estimate of drug-likeness (QED) is 0.898. The van der Waals surface area contributed by atoms with Gasteiger partial charge in [0.25, 0.3) is 0 Å². The molecule has 1 aliphatic rings. The second kappa shape index (κ2) is 5.92. The Balaban J connectivity index is 2.45. The summed E-state index contributed by atoms with van der Waals surface area (Å²) in [5.41, 5.74) is 0.682. The maximum absolute atomic E-state index is 10.8. The number of ether oxygens (including phenoxy) is 3. The van der Waals surface area contributed by atoms with E-state index in [4.69, 9.17) is 14.2 Å². The molecule has 4 nitrogen and oxygen atoms in total. The molecule has 0 amide bonds. The lowest BCUT2D eigenvalue weighted by molar-refractivity contribution is 0.0385. The summed E-state index contributed by atoms with van der Waals surface area (Å²) in [4.78, 5) is 0. The Morgan fingerprint density at radius 2 is 1.60 bits per heavy atom. The van der Waals surface area contributed by atoms with Crippen LogP contribution in [0.15, 0.2) is 12.1 Å². The van der Waals surface area contributed by atoms with Crippen LogP contribution in [0.5, 0.6) is 17.2 Å². The van der Waals surface area contributed by atoms with Gasteiger partial charge in [-0.25, -0.2) is 0 Å². The number of hydrogen-bond acceptors (Lipinski definition) is 4. The first-order valence-corrected chi connectivity index (χ1v) is 7.04. The fraction of sp³-hybridized carbons (Fsp3) is 0.625. The Bertz CT molecular complexity index is 464. The summed E-state index contributed by atoms with van der Waals surface area (Å²) in [6.45, 7) is 2.14. The first kappa shape index (κ1) is 15.0. The van der Waals surface area contributed by atoms with Crippen molar-refractivity contribution in [1.29, 1.82) is 0 Å². The number of aliphatic hydroxyl groups excluding tert-OH is 1. The largest absolute Gasteiger partial charge is 0.493 e. The van der Waals surface area contributed by atoms with E-state index in [1.54, 1.807) is 21.3 Å². The highest BCUT2D eigenvalue weighted by molar-refractivity contribution is 5.56. The van der Waals surface area contributed by atoms with Crippen LogP contribution < -0.4 is 14.2 Å². The van der Waals surface area contributed by atoms with Crippen molar-refractivity contribution in [2.24, 2.45) is 5.41 Å². The highest BCUT2D eigenvalue weighted by atomic mass is 16.5. The van der Waals surface area contributed by atoms with Gasteiger partial charge in [0.2, 0.25) is 5.75 Å². The van der Waals surface area contributed by atoms with E-state index in [0.29, 0.717) is 17.2 Å². The summed E-state index contributed by atoms with van der Waals surface area (Å²) >= 11 is 0. The summed E-state index contributed by atoms with van der Waals surface area (Å²) in [5, 5.41) is 10.8. The molecule has 0 spiro atoms. The third-order valence-corrected chi connectivity index (χ3v) is 4.44. The molecule has 0 bridgehead atoms. The molecule has 1 unspecified atom stereocenters. The van der Waals surface area contributed by atoms with Gasteiger partial charge in [-0.1, -0.05) is 19.8 Å². The van der Waals surface area contributed by atoms with E-state index in [0.717, 1.165) is 18.4 Å². The van der Waals surface area contributed by atoms with Crippen LogP contribution in [-0.2, 0) is 0 Å². The highest BCUT2D eigenvalue weighted by Crippen LogP contribution is 2.51. The van der Waals surface area contributed by atoms with Crippen LogP contribution in [0.4, 0.5) is 0 Å². The third-order valence-electron chi connectivity index (χ3n) is 4.44. The average Bonchev–Trinajstić information content (AvgIpc) is 2.92. The summed E-state index contributed by atoms with van der Waals surface area (Å²) in [7, 11) is 4.75. The molecule has 1 saturated carbocycles. The van der Waals surface area contributed by atoms with Crippen LogP contribution in [0.2, 0.25) is 0 Å². The number of rotatable bonds is 5. The number of benzene rings is 1. The van der Waals surface area contributed by atoms with E-state index in [-0.39, 0.29) is 5.41 Å². The van der Waals surface area contributed by atoms with Gasteiger partial charge < -0.3 is 19.3 Å². The molecular formula is C16H24O4. The monoisotopic (exact) mass is 280 g/mol. The predicted octanol–water partition coefficient (Wildman–Crippen LogP) is 3.33. The van der Waals surface area contributed by atoms with Crippen molar-refractivity contribution in [3.8, 4) is 17.2 Å². The van der Waals surface area contributed by atoms with E-state index < -0.39 is 6.10 Å². The number of hydrogen-bond donors (Lipinski definition) is 1. The Hall–Kier alpha value is -1.42. The van der Waals surface area contributed by atoms with Gasteiger partial charge in [0.1, 0.15) is 0 Å². The minimum Gasteiger partial charge on any atom is -0.493 e. The van der Waals surface area contributed by atoms with Gasteiger partial charge in [0.05, 0.1) is 27.4 Å². The van der Waals surface area contributed by atoms with Gasteiger partial charge >= 0.3 is 0 Å². The molecule has 4 heteroatoms. The molecule has 1 fully saturated rings. The van der Waals surface area contributed by atoms with E-state index in [9.17, 15) is 5.11 Å². The third kappa shape index (κ3) is 2.44. The lowest BCUT2D eigenvalue weighted by Crippen LogP contribution is -2.22. The zero-order valence-electron chi connectivity index (χ0n) is 12.7. The molecule has 1 N–H and O–H groups in total. The fourth-order valence-corrected chi connectivity index (χ4v) is 3.17. The maximum atomic E-state index is 10.8. The van der Waals surface area contributed by atoms with Gasteiger partial charge in [0, 0.05) is 5.56 Å². The van der Waals surface area contributed by atoms with E-state index in [1.807, 2.05) is 12.1 Å². The van der Waals surface area contributed by atoms with E-state index in [1.165, 1.54) is 12.8 Å². The van der Waals surface area contributed by atoms with Crippen molar-refractivity contribution in [3.63, 3.8) is 0 Å². The Morgan fingerprint density at radius 3 is 2.10 bits per heavy atom. The molecule has 20 heavy (non-hydrogen) atoms. The lowest BCUT2D eigenvalue weighted by Gasteiger charge is -2.31. The minimum atomic E-state index is -0.556. The minimum absolute atomic E-state index is 0.0904. The molecule has 0 heterocycles. The molecule has 0 radical (unpaired) electrons. The van der Waals surface area contributed by atoms with E-state index >= 15 is 0 Å². The Morgan fingerprint density at radius 1 is 1.00 bits per heavy atom. The average molecular weight is 280 g/mol. The summed E-state index contributed by atoms with van der Waals surface area (Å²) < 4.78 is 16.1. The van der Waals surface area contributed by atoms with E-state index in [2.05, 4.69) is 6.92 Å². The van der Waals surface area contributed by atoms with Crippen LogP contribution >= 0.6 is 0 Å². The first-order chi connectivity index (χ1) is 9.57. The molecule has 0 aliphatic heterocycles.